The van der Waals surface area contributed by atoms with Crippen molar-refractivity contribution in [3.63, 3.8) is 0 Å². The number of hydrogen-bond acceptors (Lipinski definition) is 6. The molecule has 6 nitrogen and oxygen atoms in total. The van der Waals surface area contributed by atoms with E-state index in [0.29, 0.717) is 33.2 Å². The maximum absolute atomic E-state index is 10.1. The highest BCUT2D eigenvalue weighted by atomic mass is 35.5. The summed E-state index contributed by atoms with van der Waals surface area (Å²) in [4.78, 5) is 16.0. The molecule has 2 aromatic heterocycles. The van der Waals surface area contributed by atoms with E-state index in [1.807, 2.05) is 6.92 Å². The van der Waals surface area contributed by atoms with Crippen LogP contribution < -0.4 is 10.6 Å². The van der Waals surface area contributed by atoms with E-state index in [2.05, 4.69) is 34.1 Å². The number of pyridine rings is 1. The normalized spacial score (nSPS) is 17.2. The number of rotatable bonds is 3. The summed E-state index contributed by atoms with van der Waals surface area (Å²) in [5.41, 5.74) is 11.7. The second kappa shape index (κ2) is 7.77. The number of aliphatic hydroxyl groups excluding tert-OH is 1. The van der Waals surface area contributed by atoms with E-state index < -0.39 is 0 Å². The minimum absolute atomic E-state index is 0.178. The molecule has 1 fully saturated rings. The van der Waals surface area contributed by atoms with Crippen molar-refractivity contribution in [2.45, 2.75) is 39.2 Å². The van der Waals surface area contributed by atoms with Gasteiger partial charge in [0.25, 0.3) is 0 Å². The third kappa shape index (κ3) is 3.64. The van der Waals surface area contributed by atoms with E-state index in [1.54, 1.807) is 12.3 Å². The summed E-state index contributed by atoms with van der Waals surface area (Å²) in [6, 6.07) is 10.4. The summed E-state index contributed by atoms with van der Waals surface area (Å²) in [7, 11) is 0. The monoisotopic (exact) mass is 435 g/mol. The summed E-state index contributed by atoms with van der Waals surface area (Å²) in [6.07, 6.45) is 6.16. The van der Waals surface area contributed by atoms with E-state index in [4.69, 9.17) is 27.3 Å². The van der Waals surface area contributed by atoms with E-state index in [-0.39, 0.29) is 6.61 Å². The number of nitrogens with two attached hydrogens (primary N) is 1. The Morgan fingerprint density at radius 2 is 1.81 bits per heavy atom. The van der Waals surface area contributed by atoms with Crippen LogP contribution in [0.2, 0.25) is 5.02 Å². The fourth-order valence-electron chi connectivity index (χ4n) is 5.10. The van der Waals surface area contributed by atoms with Gasteiger partial charge in [0, 0.05) is 24.8 Å². The summed E-state index contributed by atoms with van der Waals surface area (Å²) in [6.45, 7) is 3.57. The zero-order valence-electron chi connectivity index (χ0n) is 17.6. The van der Waals surface area contributed by atoms with Crippen LogP contribution in [0, 0.1) is 12.3 Å². The molecule has 3 N–H and O–H groups in total. The second-order valence-corrected chi connectivity index (χ2v) is 9.19. The Kier molecular flexibility index (Phi) is 5.07. The second-order valence-electron chi connectivity index (χ2n) is 8.78. The van der Waals surface area contributed by atoms with Crippen LogP contribution in [-0.4, -0.2) is 33.1 Å². The molecule has 0 saturated carbocycles. The summed E-state index contributed by atoms with van der Waals surface area (Å²) < 4.78 is 0. The molecule has 1 spiro atoms. The number of anilines is 2. The molecule has 2 aliphatic rings. The average molecular weight is 436 g/mol. The maximum atomic E-state index is 10.1. The first kappa shape index (κ1) is 20.2. The number of hydrogen-bond donors (Lipinski definition) is 2. The first-order valence-electron chi connectivity index (χ1n) is 10.7. The molecule has 1 saturated heterocycles. The molecule has 3 heterocycles. The quantitative estimate of drug-likeness (QED) is 0.647. The summed E-state index contributed by atoms with van der Waals surface area (Å²) in [5.74, 6) is 1.13. The molecule has 0 radical (unpaired) electrons. The van der Waals surface area contributed by atoms with E-state index >= 15 is 0 Å². The molecule has 0 unspecified atom stereocenters. The predicted molar refractivity (Wildman–Crippen MR) is 123 cm³/mol. The third-order valence-electron chi connectivity index (χ3n) is 6.77. The lowest BCUT2D eigenvalue weighted by molar-refractivity contribution is 0.231. The molecule has 0 atom stereocenters. The van der Waals surface area contributed by atoms with Crippen molar-refractivity contribution >= 4 is 23.2 Å². The van der Waals surface area contributed by atoms with Crippen molar-refractivity contribution < 1.29 is 5.11 Å². The standard InChI is InChI=1S/C24H26ClN5O/c1-15-22(18-13-27-21(26)10-19(18)25)29-20(14-31)23(28-15)30-8-6-24(7-9-30)11-16-4-2-3-5-17(16)12-24/h2-5,10,13,31H,6-9,11-12,14H2,1H3,(H2,26,27). The van der Waals surface area contributed by atoms with Crippen molar-refractivity contribution in [1.82, 2.24) is 15.0 Å². The Bertz CT molecular complexity index is 1110. The van der Waals surface area contributed by atoms with Gasteiger partial charge in [0.15, 0.2) is 5.82 Å². The minimum atomic E-state index is -0.178. The Balaban J connectivity index is 1.40. The zero-order valence-corrected chi connectivity index (χ0v) is 18.4. The van der Waals surface area contributed by atoms with Crippen LogP contribution in [0.5, 0.6) is 0 Å². The number of halogens is 1. The van der Waals surface area contributed by atoms with Crippen LogP contribution in [0.25, 0.3) is 11.3 Å². The Labute approximate surface area is 187 Å². The number of fused-ring (bicyclic) bond motifs is 1. The van der Waals surface area contributed by atoms with Gasteiger partial charge in [-0.05, 0) is 55.2 Å². The highest BCUT2D eigenvalue weighted by Gasteiger charge is 2.40. The molecule has 31 heavy (non-hydrogen) atoms. The molecular weight excluding hydrogens is 410 g/mol. The number of aromatic nitrogens is 3. The molecule has 1 aliphatic carbocycles. The van der Waals surface area contributed by atoms with Crippen molar-refractivity contribution in [2.75, 3.05) is 23.7 Å². The number of benzene rings is 1. The van der Waals surface area contributed by atoms with Gasteiger partial charge in [0.05, 0.1) is 23.0 Å². The number of nitrogens with zero attached hydrogens (tertiary/aromatic N) is 4. The Morgan fingerprint density at radius 1 is 1.13 bits per heavy atom. The molecule has 1 aliphatic heterocycles. The Hall–Kier alpha value is -2.70. The smallest absolute Gasteiger partial charge is 0.153 e. The molecule has 7 heteroatoms. The lowest BCUT2D eigenvalue weighted by Gasteiger charge is -2.40. The van der Waals surface area contributed by atoms with Crippen molar-refractivity contribution in [3.05, 3.63) is 64.1 Å². The fraction of sp³-hybridized carbons (Fsp3) is 0.375. The number of nitrogen functional groups attached to an aromatic ring is 1. The van der Waals surface area contributed by atoms with Gasteiger partial charge in [0.1, 0.15) is 11.5 Å². The molecule has 5 rings (SSSR count). The molecule has 160 valence electrons. The van der Waals surface area contributed by atoms with Crippen LogP contribution in [0.4, 0.5) is 11.6 Å². The zero-order chi connectivity index (χ0) is 21.6. The summed E-state index contributed by atoms with van der Waals surface area (Å²) in [5, 5.41) is 10.5. The first-order valence-corrected chi connectivity index (χ1v) is 11.1. The van der Waals surface area contributed by atoms with Crippen molar-refractivity contribution in [2.24, 2.45) is 5.41 Å². The van der Waals surface area contributed by atoms with Crippen LogP contribution in [-0.2, 0) is 19.4 Å². The highest BCUT2D eigenvalue weighted by molar-refractivity contribution is 6.33. The van der Waals surface area contributed by atoms with Gasteiger partial charge in [-0.2, -0.15) is 0 Å². The van der Waals surface area contributed by atoms with Gasteiger partial charge in [-0.3, -0.25) is 0 Å². The van der Waals surface area contributed by atoms with Crippen LogP contribution in [0.1, 0.15) is 35.4 Å². The van der Waals surface area contributed by atoms with Crippen molar-refractivity contribution in [1.29, 1.82) is 0 Å². The average Bonchev–Trinajstić information content (AvgIpc) is 3.12. The molecule has 0 bridgehead atoms. The molecule has 1 aromatic carbocycles. The third-order valence-corrected chi connectivity index (χ3v) is 7.09. The van der Waals surface area contributed by atoms with Gasteiger partial charge in [-0.15, -0.1) is 0 Å². The summed E-state index contributed by atoms with van der Waals surface area (Å²) >= 11 is 6.37. The lowest BCUT2D eigenvalue weighted by Crippen LogP contribution is -2.41. The SMILES string of the molecule is Cc1nc(N2CCC3(CC2)Cc2ccccc2C3)c(CO)nc1-c1cnc(N)cc1Cl. The molecule has 0 amide bonds. The molecule has 3 aromatic rings. The van der Waals surface area contributed by atoms with E-state index in [0.717, 1.165) is 50.3 Å². The van der Waals surface area contributed by atoms with Gasteiger partial charge in [-0.1, -0.05) is 35.9 Å². The van der Waals surface area contributed by atoms with Crippen LogP contribution in [0.15, 0.2) is 36.5 Å². The lowest BCUT2D eigenvalue weighted by atomic mass is 9.76. The van der Waals surface area contributed by atoms with Gasteiger partial charge in [-0.25, -0.2) is 15.0 Å². The first-order chi connectivity index (χ1) is 15.0. The van der Waals surface area contributed by atoms with Crippen LogP contribution in [0.3, 0.4) is 0 Å². The van der Waals surface area contributed by atoms with E-state index in [1.165, 1.54) is 11.1 Å². The fourth-order valence-corrected chi connectivity index (χ4v) is 5.35. The van der Waals surface area contributed by atoms with Gasteiger partial charge < -0.3 is 15.7 Å². The Morgan fingerprint density at radius 3 is 2.42 bits per heavy atom. The van der Waals surface area contributed by atoms with E-state index in [9.17, 15) is 5.11 Å². The van der Waals surface area contributed by atoms with Gasteiger partial charge in [0.2, 0.25) is 0 Å². The molecular formula is C24H26ClN5O. The van der Waals surface area contributed by atoms with Crippen molar-refractivity contribution in [3.8, 4) is 11.3 Å². The topological polar surface area (TPSA) is 88.2 Å². The largest absolute Gasteiger partial charge is 0.390 e. The number of aryl methyl sites for hydroxylation is 1. The maximum Gasteiger partial charge on any atom is 0.153 e. The number of piperidine rings is 1. The van der Waals surface area contributed by atoms with Crippen LogP contribution >= 0.6 is 11.6 Å². The van der Waals surface area contributed by atoms with Gasteiger partial charge >= 0.3 is 0 Å². The predicted octanol–water partition coefficient (Wildman–Crippen LogP) is 3.96. The minimum Gasteiger partial charge on any atom is -0.390 e. The number of aliphatic hydroxyl groups is 1. The highest BCUT2D eigenvalue weighted by Crippen LogP contribution is 2.45.